The Labute approximate surface area is 93.0 Å². The number of aromatic nitrogens is 2. The van der Waals surface area contributed by atoms with Crippen molar-refractivity contribution in [3.8, 4) is 6.07 Å². The minimum absolute atomic E-state index is 0.209. The van der Waals surface area contributed by atoms with Crippen molar-refractivity contribution >= 4 is 11.8 Å². The molecule has 5 heteroatoms. The van der Waals surface area contributed by atoms with E-state index in [9.17, 15) is 0 Å². The van der Waals surface area contributed by atoms with Crippen LogP contribution in [0.5, 0.6) is 0 Å². The summed E-state index contributed by atoms with van der Waals surface area (Å²) in [5.74, 6) is 1.95. The Morgan fingerprint density at radius 2 is 2.27 bits per heavy atom. The monoisotopic (exact) mass is 223 g/mol. The SMILES string of the molecule is N#CCc1nc(CSC2CCCC2)no1. The predicted octanol–water partition coefficient (Wildman–Crippen LogP) is 2.31. The van der Waals surface area contributed by atoms with Crippen molar-refractivity contribution in [1.29, 1.82) is 5.26 Å². The molecule has 0 aliphatic heterocycles. The Hall–Kier alpha value is -1.02. The van der Waals surface area contributed by atoms with E-state index < -0.39 is 0 Å². The number of thioether (sulfide) groups is 1. The molecule has 1 heterocycles. The fourth-order valence-electron chi connectivity index (χ4n) is 1.74. The average Bonchev–Trinajstić information content (AvgIpc) is 2.85. The maximum Gasteiger partial charge on any atom is 0.240 e. The summed E-state index contributed by atoms with van der Waals surface area (Å²) in [6.45, 7) is 0. The van der Waals surface area contributed by atoms with E-state index in [4.69, 9.17) is 9.78 Å². The van der Waals surface area contributed by atoms with Crippen LogP contribution in [0.25, 0.3) is 0 Å². The van der Waals surface area contributed by atoms with Crippen LogP contribution in [0.4, 0.5) is 0 Å². The van der Waals surface area contributed by atoms with E-state index in [1.807, 2.05) is 17.8 Å². The van der Waals surface area contributed by atoms with Gasteiger partial charge in [-0.2, -0.15) is 22.0 Å². The molecule has 0 bridgehead atoms. The van der Waals surface area contributed by atoms with Gasteiger partial charge in [0.15, 0.2) is 5.82 Å². The molecule has 80 valence electrons. The molecule has 1 aromatic rings. The van der Waals surface area contributed by atoms with Gasteiger partial charge in [-0.25, -0.2) is 0 Å². The smallest absolute Gasteiger partial charge is 0.240 e. The summed E-state index contributed by atoms with van der Waals surface area (Å²) < 4.78 is 4.92. The van der Waals surface area contributed by atoms with E-state index in [1.54, 1.807) is 0 Å². The topological polar surface area (TPSA) is 62.7 Å². The van der Waals surface area contributed by atoms with Gasteiger partial charge in [0.2, 0.25) is 5.89 Å². The molecule has 0 atom stereocenters. The summed E-state index contributed by atoms with van der Waals surface area (Å²) in [6.07, 6.45) is 5.54. The second-order valence-corrected chi connectivity index (χ2v) is 4.95. The molecular weight excluding hydrogens is 210 g/mol. The van der Waals surface area contributed by atoms with E-state index in [1.165, 1.54) is 25.7 Å². The number of hydrogen-bond acceptors (Lipinski definition) is 5. The van der Waals surface area contributed by atoms with Crippen LogP contribution < -0.4 is 0 Å². The lowest BCUT2D eigenvalue weighted by atomic mass is 10.4. The molecule has 0 aromatic carbocycles. The lowest BCUT2D eigenvalue weighted by Crippen LogP contribution is -1.96. The Balaban J connectivity index is 1.80. The molecule has 4 nitrogen and oxygen atoms in total. The zero-order valence-corrected chi connectivity index (χ0v) is 9.29. The third-order valence-electron chi connectivity index (χ3n) is 2.49. The molecule has 0 amide bonds. The van der Waals surface area contributed by atoms with E-state index in [2.05, 4.69) is 10.1 Å². The minimum atomic E-state index is 0.209. The van der Waals surface area contributed by atoms with Gasteiger partial charge in [0.25, 0.3) is 0 Å². The molecule has 1 saturated carbocycles. The van der Waals surface area contributed by atoms with Gasteiger partial charge in [-0.15, -0.1) is 0 Å². The third kappa shape index (κ3) is 2.96. The van der Waals surface area contributed by atoms with Crippen molar-refractivity contribution in [1.82, 2.24) is 10.1 Å². The minimum Gasteiger partial charge on any atom is -0.338 e. The second kappa shape index (κ2) is 5.17. The molecule has 15 heavy (non-hydrogen) atoms. The van der Waals surface area contributed by atoms with Crippen LogP contribution in [0.15, 0.2) is 4.52 Å². The maximum atomic E-state index is 8.45. The van der Waals surface area contributed by atoms with Gasteiger partial charge in [-0.3, -0.25) is 0 Å². The summed E-state index contributed by atoms with van der Waals surface area (Å²) in [4.78, 5) is 4.14. The number of nitriles is 1. The van der Waals surface area contributed by atoms with Crippen LogP contribution in [0, 0.1) is 11.3 Å². The van der Waals surface area contributed by atoms with Crippen molar-refractivity contribution in [3.63, 3.8) is 0 Å². The fourth-order valence-corrected chi connectivity index (χ4v) is 2.90. The van der Waals surface area contributed by atoms with Gasteiger partial charge < -0.3 is 4.52 Å². The van der Waals surface area contributed by atoms with Crippen molar-refractivity contribution in [3.05, 3.63) is 11.7 Å². The molecule has 0 spiro atoms. The van der Waals surface area contributed by atoms with Crippen LogP contribution in [-0.2, 0) is 12.2 Å². The molecular formula is C10H13N3OS. The number of hydrogen-bond donors (Lipinski definition) is 0. The van der Waals surface area contributed by atoms with Crippen LogP contribution in [0.1, 0.15) is 37.4 Å². The quantitative estimate of drug-likeness (QED) is 0.783. The average molecular weight is 223 g/mol. The van der Waals surface area contributed by atoms with Crippen molar-refractivity contribution in [2.45, 2.75) is 43.1 Å². The van der Waals surface area contributed by atoms with Crippen LogP contribution >= 0.6 is 11.8 Å². The third-order valence-corrected chi connectivity index (χ3v) is 3.86. The van der Waals surface area contributed by atoms with Crippen LogP contribution in [-0.4, -0.2) is 15.4 Å². The lowest BCUT2D eigenvalue weighted by molar-refractivity contribution is 0.383. The Kier molecular flexibility index (Phi) is 3.62. The summed E-state index contributed by atoms with van der Waals surface area (Å²) in [7, 11) is 0. The number of nitrogens with zero attached hydrogens (tertiary/aromatic N) is 3. The molecule has 0 radical (unpaired) electrons. The summed E-state index contributed by atoms with van der Waals surface area (Å²) in [5.41, 5.74) is 0. The van der Waals surface area contributed by atoms with E-state index in [0.717, 1.165) is 16.8 Å². The van der Waals surface area contributed by atoms with Crippen molar-refractivity contribution < 1.29 is 4.52 Å². The molecule has 0 unspecified atom stereocenters. The van der Waals surface area contributed by atoms with Gasteiger partial charge in [-0.1, -0.05) is 18.0 Å². The highest BCUT2D eigenvalue weighted by atomic mass is 32.2. The summed E-state index contributed by atoms with van der Waals surface area (Å²) in [5, 5.41) is 13.1. The van der Waals surface area contributed by atoms with Crippen LogP contribution in [0.3, 0.4) is 0 Å². The zero-order chi connectivity index (χ0) is 10.5. The van der Waals surface area contributed by atoms with Crippen molar-refractivity contribution in [2.24, 2.45) is 0 Å². The summed E-state index contributed by atoms with van der Waals surface area (Å²) in [6, 6.07) is 1.99. The van der Waals surface area contributed by atoms with E-state index in [-0.39, 0.29) is 6.42 Å². The van der Waals surface area contributed by atoms with Gasteiger partial charge in [0.1, 0.15) is 6.42 Å². The van der Waals surface area contributed by atoms with E-state index in [0.29, 0.717) is 5.89 Å². The standard InChI is InChI=1S/C10H13N3OS/c11-6-5-10-12-9(13-14-10)7-15-8-3-1-2-4-8/h8H,1-5,7H2. The Bertz CT molecular complexity index is 352. The van der Waals surface area contributed by atoms with Crippen molar-refractivity contribution in [2.75, 3.05) is 0 Å². The maximum absolute atomic E-state index is 8.45. The first-order chi connectivity index (χ1) is 7.38. The molecule has 1 aromatic heterocycles. The van der Waals surface area contributed by atoms with Gasteiger partial charge in [0, 0.05) is 5.25 Å². The largest absolute Gasteiger partial charge is 0.338 e. The van der Waals surface area contributed by atoms with Crippen LogP contribution in [0.2, 0.25) is 0 Å². The Morgan fingerprint density at radius 3 is 3.00 bits per heavy atom. The summed E-state index contributed by atoms with van der Waals surface area (Å²) >= 11 is 1.90. The second-order valence-electron chi connectivity index (χ2n) is 3.66. The molecule has 0 N–H and O–H groups in total. The van der Waals surface area contributed by atoms with E-state index >= 15 is 0 Å². The Morgan fingerprint density at radius 1 is 1.47 bits per heavy atom. The molecule has 1 aliphatic carbocycles. The highest BCUT2D eigenvalue weighted by Gasteiger charge is 2.16. The molecule has 0 saturated heterocycles. The fraction of sp³-hybridized carbons (Fsp3) is 0.700. The first kappa shape index (κ1) is 10.5. The van der Waals surface area contributed by atoms with Gasteiger partial charge >= 0.3 is 0 Å². The van der Waals surface area contributed by atoms with Gasteiger partial charge in [0.05, 0.1) is 11.8 Å². The zero-order valence-electron chi connectivity index (χ0n) is 8.48. The lowest BCUT2D eigenvalue weighted by Gasteiger charge is -2.04. The molecule has 1 fully saturated rings. The first-order valence-corrected chi connectivity index (χ1v) is 6.23. The normalized spacial score (nSPS) is 16.7. The molecule has 2 rings (SSSR count). The number of rotatable bonds is 4. The van der Waals surface area contributed by atoms with Gasteiger partial charge in [-0.05, 0) is 12.8 Å². The first-order valence-electron chi connectivity index (χ1n) is 5.18. The highest BCUT2D eigenvalue weighted by molar-refractivity contribution is 7.99. The highest BCUT2D eigenvalue weighted by Crippen LogP contribution is 2.30. The molecule has 1 aliphatic rings. The predicted molar refractivity (Wildman–Crippen MR) is 57.2 cm³/mol.